The van der Waals surface area contributed by atoms with Gasteiger partial charge in [0.25, 0.3) is 5.56 Å². The molecule has 42 heavy (non-hydrogen) atoms. The first kappa shape index (κ1) is 30.3. The third kappa shape index (κ3) is 6.89. The number of ether oxygens (including phenoxy) is 2. The molecule has 5 rings (SSSR count). The van der Waals surface area contributed by atoms with Crippen LogP contribution in [0.15, 0.2) is 23.3 Å². The van der Waals surface area contributed by atoms with Gasteiger partial charge in [0.2, 0.25) is 5.91 Å². The Bertz CT molecular complexity index is 1330. The predicted molar refractivity (Wildman–Crippen MR) is 154 cm³/mol. The van der Waals surface area contributed by atoms with Gasteiger partial charge in [-0.1, -0.05) is 0 Å². The number of piperidine rings is 1. The molecule has 2 aromatic rings. The number of likely N-dealkylation sites (tertiary alicyclic amines) is 1. The first-order chi connectivity index (χ1) is 19.9. The van der Waals surface area contributed by atoms with Crippen molar-refractivity contribution in [2.45, 2.75) is 49.5 Å². The van der Waals surface area contributed by atoms with Crippen LogP contribution in [0.5, 0.6) is 5.75 Å². The minimum atomic E-state index is -4.83. The molecule has 11 nitrogen and oxygen atoms in total. The van der Waals surface area contributed by atoms with Gasteiger partial charge in [0.1, 0.15) is 12.2 Å². The Morgan fingerprint density at radius 1 is 1.24 bits per heavy atom. The summed E-state index contributed by atoms with van der Waals surface area (Å²) in [6.07, 6.45) is 0.478. The number of aromatic nitrogens is 3. The van der Waals surface area contributed by atoms with Gasteiger partial charge in [0, 0.05) is 41.2 Å². The molecule has 3 aliphatic rings. The summed E-state index contributed by atoms with van der Waals surface area (Å²) in [6.45, 7) is 6.28. The van der Waals surface area contributed by atoms with E-state index in [0.29, 0.717) is 42.4 Å². The minimum absolute atomic E-state index is 0.0115. The Hall–Kier alpha value is -3.17. The molecule has 0 aromatic carbocycles. The first-order valence-electron chi connectivity index (χ1n) is 14.3. The molecule has 15 heteroatoms. The average molecular weight is 610 g/mol. The Morgan fingerprint density at radius 3 is 2.74 bits per heavy atom. The standard InChI is InChI=1S/C27H38F3N7O4Si/c1-26(42,33-20-13-32-34-25(39)23(20)27(28,29)30)16-40-10-5-22(38)36-8-9-37-19(14-36)15-41-21-11-18(12-31-24(21)37)17-3-6-35(2)7-4-17/h11-13,17,19H,3-10,14-16H2,1-2,42H3,(H2,33,34,39)/t19?,26-/m0/s1. The van der Waals surface area contributed by atoms with Gasteiger partial charge in [0.15, 0.2) is 11.6 Å². The van der Waals surface area contributed by atoms with Gasteiger partial charge < -0.3 is 29.5 Å². The van der Waals surface area contributed by atoms with Crippen LogP contribution in [0.4, 0.5) is 24.7 Å². The quantitative estimate of drug-likeness (QED) is 0.334. The molecule has 0 bridgehead atoms. The molecule has 3 aliphatic heterocycles. The molecule has 2 saturated heterocycles. The van der Waals surface area contributed by atoms with Crippen molar-refractivity contribution in [3.05, 3.63) is 39.9 Å². The highest BCUT2D eigenvalue weighted by atomic mass is 28.1. The van der Waals surface area contributed by atoms with Crippen LogP contribution < -0.4 is 20.5 Å². The number of halogens is 3. The molecule has 2 N–H and O–H groups in total. The van der Waals surface area contributed by atoms with E-state index in [1.54, 1.807) is 11.8 Å². The third-order valence-electron chi connectivity index (χ3n) is 8.12. The van der Waals surface area contributed by atoms with E-state index in [1.165, 1.54) is 5.56 Å². The zero-order chi connectivity index (χ0) is 30.1. The lowest BCUT2D eigenvalue weighted by Gasteiger charge is -2.45. The third-order valence-corrected chi connectivity index (χ3v) is 8.66. The van der Waals surface area contributed by atoms with Crippen molar-refractivity contribution in [1.29, 1.82) is 0 Å². The second-order valence-corrected chi connectivity index (χ2v) is 14.2. The molecule has 2 aromatic heterocycles. The van der Waals surface area contributed by atoms with Crippen molar-refractivity contribution in [3.63, 3.8) is 0 Å². The smallest absolute Gasteiger partial charge is 0.423 e. The fourth-order valence-electron chi connectivity index (χ4n) is 5.85. The molecule has 2 atom stereocenters. The summed E-state index contributed by atoms with van der Waals surface area (Å²) in [5.74, 6) is 2.10. The Kier molecular flexibility index (Phi) is 8.80. The van der Waals surface area contributed by atoms with E-state index in [2.05, 4.69) is 33.3 Å². The van der Waals surface area contributed by atoms with Crippen molar-refractivity contribution in [1.82, 2.24) is 25.0 Å². The Labute approximate surface area is 245 Å². The summed E-state index contributed by atoms with van der Waals surface area (Å²) in [5, 5.41) is 7.25. The Balaban J connectivity index is 1.09. The molecule has 0 radical (unpaired) electrons. The lowest BCUT2D eigenvalue weighted by atomic mass is 9.90. The largest absolute Gasteiger partial charge is 0.487 e. The summed E-state index contributed by atoms with van der Waals surface area (Å²) in [5.41, 5.74) is -1.80. The maximum Gasteiger partial charge on any atom is 0.423 e. The van der Waals surface area contributed by atoms with E-state index < -0.39 is 28.1 Å². The molecule has 0 saturated carbocycles. The van der Waals surface area contributed by atoms with Gasteiger partial charge >= 0.3 is 6.18 Å². The number of aromatic amines is 1. The van der Waals surface area contributed by atoms with Crippen molar-refractivity contribution in [2.75, 3.05) is 69.8 Å². The van der Waals surface area contributed by atoms with Gasteiger partial charge in [-0.2, -0.15) is 18.3 Å². The normalized spacial score (nSPS) is 21.3. The molecular formula is C27H38F3N7O4Si. The van der Waals surface area contributed by atoms with Crippen LogP contribution in [-0.4, -0.2) is 112 Å². The van der Waals surface area contributed by atoms with Gasteiger partial charge in [0.05, 0.1) is 37.6 Å². The van der Waals surface area contributed by atoms with E-state index in [-0.39, 0.29) is 31.6 Å². The maximum atomic E-state index is 13.4. The van der Waals surface area contributed by atoms with Crippen molar-refractivity contribution >= 4 is 27.7 Å². The number of nitrogens with zero attached hydrogens (tertiary/aromatic N) is 5. The number of nitrogens with one attached hydrogen (secondary N) is 2. The number of fused-ring (bicyclic) bond motifs is 3. The molecule has 0 aliphatic carbocycles. The molecule has 1 amide bonds. The highest BCUT2D eigenvalue weighted by molar-refractivity contribution is 6.16. The van der Waals surface area contributed by atoms with Gasteiger partial charge in [-0.05, 0) is 57.5 Å². The molecule has 2 fully saturated rings. The monoisotopic (exact) mass is 609 g/mol. The lowest BCUT2D eigenvalue weighted by Crippen LogP contribution is -2.58. The van der Waals surface area contributed by atoms with Gasteiger partial charge in [-0.3, -0.25) is 9.59 Å². The summed E-state index contributed by atoms with van der Waals surface area (Å²) in [6, 6.07) is 2.15. The van der Waals surface area contributed by atoms with Crippen molar-refractivity contribution < 1.29 is 27.4 Å². The highest BCUT2D eigenvalue weighted by Crippen LogP contribution is 2.37. The molecule has 1 unspecified atom stereocenters. The fourth-order valence-corrected chi connectivity index (χ4v) is 6.32. The summed E-state index contributed by atoms with van der Waals surface area (Å²) >= 11 is 0. The lowest BCUT2D eigenvalue weighted by molar-refractivity contribution is -0.138. The number of H-pyrrole nitrogens is 1. The molecule has 5 heterocycles. The van der Waals surface area contributed by atoms with Gasteiger partial charge in [-0.15, -0.1) is 0 Å². The molecular weight excluding hydrogens is 571 g/mol. The van der Waals surface area contributed by atoms with Crippen molar-refractivity contribution in [2.24, 2.45) is 0 Å². The number of carbonyl (C=O) groups excluding carboxylic acids is 1. The van der Waals surface area contributed by atoms with E-state index in [4.69, 9.17) is 14.5 Å². The number of hydrogen-bond acceptors (Lipinski definition) is 9. The van der Waals surface area contributed by atoms with Crippen LogP contribution in [-0.2, 0) is 15.7 Å². The fraction of sp³-hybridized carbons (Fsp3) is 0.630. The van der Waals surface area contributed by atoms with Crippen LogP contribution in [0.3, 0.4) is 0 Å². The van der Waals surface area contributed by atoms with Crippen LogP contribution in [0.1, 0.15) is 43.2 Å². The molecule has 230 valence electrons. The number of rotatable bonds is 8. The second-order valence-electron chi connectivity index (χ2n) is 12.0. The molecule has 0 spiro atoms. The summed E-state index contributed by atoms with van der Waals surface area (Å²) < 4.78 is 51.9. The summed E-state index contributed by atoms with van der Waals surface area (Å²) in [7, 11) is 2.56. The van der Waals surface area contributed by atoms with E-state index in [1.807, 2.05) is 11.3 Å². The van der Waals surface area contributed by atoms with Crippen LogP contribution in [0, 0.1) is 0 Å². The van der Waals surface area contributed by atoms with Crippen LogP contribution in [0.25, 0.3) is 0 Å². The number of piperazine rings is 1. The minimum Gasteiger partial charge on any atom is -0.487 e. The number of anilines is 2. The number of carbonyl (C=O) groups is 1. The van der Waals surface area contributed by atoms with E-state index >= 15 is 0 Å². The van der Waals surface area contributed by atoms with Gasteiger partial charge in [-0.25, -0.2) is 10.1 Å². The van der Waals surface area contributed by atoms with E-state index in [0.717, 1.165) is 43.7 Å². The summed E-state index contributed by atoms with van der Waals surface area (Å²) in [4.78, 5) is 35.9. The SMILES string of the molecule is CN1CCC(c2cnc3c(c2)OCC2CN(C(=O)CCOC[C@](C)([SiH3])Nc4cn[nH]c(=O)c4C(F)(F)F)CCN32)CC1. The topological polar surface area (TPSA) is 116 Å². The van der Waals surface area contributed by atoms with Crippen molar-refractivity contribution in [3.8, 4) is 5.75 Å². The highest BCUT2D eigenvalue weighted by Gasteiger charge is 2.39. The number of amides is 1. The van der Waals surface area contributed by atoms with Crippen LogP contribution >= 0.6 is 0 Å². The van der Waals surface area contributed by atoms with Crippen LogP contribution in [0.2, 0.25) is 0 Å². The number of alkyl halides is 3. The first-order valence-corrected chi connectivity index (χ1v) is 15.3. The average Bonchev–Trinajstić information content (AvgIpc) is 2.94. The zero-order valence-electron chi connectivity index (χ0n) is 24.2. The maximum absolute atomic E-state index is 13.4. The predicted octanol–water partition coefficient (Wildman–Crippen LogP) is 1.00. The second kappa shape index (κ2) is 12.2. The zero-order valence-corrected chi connectivity index (χ0v) is 26.2. The Morgan fingerprint density at radius 2 is 2.00 bits per heavy atom. The number of pyridine rings is 1. The van der Waals surface area contributed by atoms with E-state index in [9.17, 15) is 22.8 Å². The number of hydrogen-bond donors (Lipinski definition) is 2.